The topological polar surface area (TPSA) is 48.3 Å². The zero-order valence-corrected chi connectivity index (χ0v) is 13.4. The maximum Gasteiger partial charge on any atom is 0.143 e. The number of ether oxygens (including phenoxy) is 2. The minimum absolute atomic E-state index is 0.351. The van der Waals surface area contributed by atoms with E-state index in [1.54, 1.807) is 20.3 Å². The molecule has 1 heterocycles. The van der Waals surface area contributed by atoms with E-state index < -0.39 is 0 Å². The van der Waals surface area contributed by atoms with E-state index in [2.05, 4.69) is 24.3 Å². The van der Waals surface area contributed by atoms with E-state index >= 15 is 0 Å². The lowest BCUT2D eigenvalue weighted by Gasteiger charge is -2.13. The zero-order valence-electron chi connectivity index (χ0n) is 12.7. The second-order valence-corrected chi connectivity index (χ2v) is 5.33. The largest absolute Gasteiger partial charge is 0.495 e. The summed E-state index contributed by atoms with van der Waals surface area (Å²) in [5.41, 5.74) is 1.78. The second-order valence-electron chi connectivity index (χ2n) is 4.92. The van der Waals surface area contributed by atoms with E-state index in [1.165, 1.54) is 0 Å². The second kappa shape index (κ2) is 6.72. The van der Waals surface area contributed by atoms with Crippen molar-refractivity contribution in [1.82, 2.24) is 9.78 Å². The number of benzene rings is 1. The molecule has 0 saturated heterocycles. The molecule has 0 saturated carbocycles. The lowest BCUT2D eigenvalue weighted by atomic mass is 10.2. The highest BCUT2D eigenvalue weighted by molar-refractivity contribution is 6.32. The lowest BCUT2D eigenvalue weighted by molar-refractivity contribution is 0.404. The summed E-state index contributed by atoms with van der Waals surface area (Å²) in [5.74, 6) is 1.27. The number of nitrogens with zero attached hydrogens (tertiary/aromatic N) is 2. The molecule has 0 unspecified atom stereocenters. The highest BCUT2D eigenvalue weighted by Crippen LogP contribution is 2.35. The number of nitrogens with one attached hydrogen (secondary N) is 1. The first kappa shape index (κ1) is 15.5. The highest BCUT2D eigenvalue weighted by Gasteiger charge is 2.10. The average Bonchev–Trinajstić information content (AvgIpc) is 2.94. The summed E-state index contributed by atoms with van der Waals surface area (Å²) >= 11 is 6.09. The van der Waals surface area contributed by atoms with E-state index in [1.807, 2.05) is 23.0 Å². The number of methoxy groups -OCH3 is 2. The van der Waals surface area contributed by atoms with E-state index in [9.17, 15) is 0 Å². The minimum Gasteiger partial charge on any atom is -0.495 e. The lowest BCUT2D eigenvalue weighted by Crippen LogP contribution is -2.05. The predicted octanol–water partition coefficient (Wildman–Crippen LogP) is 3.75. The molecule has 2 rings (SSSR count). The number of rotatable bonds is 6. The molecule has 5 nitrogen and oxygen atoms in total. The summed E-state index contributed by atoms with van der Waals surface area (Å²) in [5, 5.41) is 8.31. The fourth-order valence-corrected chi connectivity index (χ4v) is 2.17. The van der Waals surface area contributed by atoms with Gasteiger partial charge in [-0.25, -0.2) is 0 Å². The Hall–Kier alpha value is -1.88. The van der Waals surface area contributed by atoms with Crippen LogP contribution in [0.1, 0.15) is 25.6 Å². The Morgan fingerprint density at radius 1 is 1.24 bits per heavy atom. The van der Waals surface area contributed by atoms with Crippen LogP contribution in [0.15, 0.2) is 24.4 Å². The summed E-state index contributed by atoms with van der Waals surface area (Å²) in [6.45, 7) is 4.79. The molecule has 1 N–H and O–H groups in total. The Balaban J connectivity index is 2.14. The van der Waals surface area contributed by atoms with Gasteiger partial charge in [-0.2, -0.15) is 5.10 Å². The molecule has 0 radical (unpaired) electrons. The molecule has 0 aliphatic rings. The van der Waals surface area contributed by atoms with Gasteiger partial charge in [0.1, 0.15) is 11.5 Å². The molecule has 6 heteroatoms. The predicted molar refractivity (Wildman–Crippen MR) is 84.5 cm³/mol. The number of hydrogen-bond donors (Lipinski definition) is 1. The van der Waals surface area contributed by atoms with Gasteiger partial charge in [0, 0.05) is 24.4 Å². The van der Waals surface area contributed by atoms with Crippen molar-refractivity contribution in [2.24, 2.45) is 0 Å². The molecule has 1 aromatic heterocycles. The Kier molecular flexibility index (Phi) is 4.96. The van der Waals surface area contributed by atoms with Gasteiger partial charge >= 0.3 is 0 Å². The maximum absolute atomic E-state index is 6.09. The van der Waals surface area contributed by atoms with Crippen molar-refractivity contribution in [1.29, 1.82) is 0 Å². The molecule has 0 atom stereocenters. The number of halogens is 1. The third kappa shape index (κ3) is 3.61. The van der Waals surface area contributed by atoms with Crippen LogP contribution in [0.2, 0.25) is 5.02 Å². The van der Waals surface area contributed by atoms with Gasteiger partial charge < -0.3 is 14.8 Å². The van der Waals surface area contributed by atoms with Gasteiger partial charge in [-0.1, -0.05) is 11.6 Å². The van der Waals surface area contributed by atoms with Gasteiger partial charge in [0.2, 0.25) is 0 Å². The molecule has 2 aromatic rings. The Bertz CT molecular complexity index is 611. The molecule has 0 spiro atoms. The quantitative estimate of drug-likeness (QED) is 0.883. The van der Waals surface area contributed by atoms with Crippen LogP contribution in [0.5, 0.6) is 11.5 Å². The Morgan fingerprint density at radius 2 is 1.95 bits per heavy atom. The molecular weight excluding hydrogens is 290 g/mol. The van der Waals surface area contributed by atoms with Crippen LogP contribution in [0.4, 0.5) is 5.69 Å². The smallest absolute Gasteiger partial charge is 0.143 e. The number of hydrogen-bond acceptors (Lipinski definition) is 4. The van der Waals surface area contributed by atoms with Crippen molar-refractivity contribution >= 4 is 17.3 Å². The minimum atomic E-state index is 0.351. The van der Waals surface area contributed by atoms with Crippen LogP contribution in [0, 0.1) is 0 Å². The third-order valence-electron chi connectivity index (χ3n) is 3.13. The highest BCUT2D eigenvalue weighted by atomic mass is 35.5. The first-order valence-corrected chi connectivity index (χ1v) is 7.12. The molecule has 0 fully saturated rings. The van der Waals surface area contributed by atoms with Crippen molar-refractivity contribution in [2.75, 3.05) is 19.5 Å². The molecule has 0 bridgehead atoms. The summed E-state index contributed by atoms with van der Waals surface area (Å²) in [7, 11) is 3.19. The van der Waals surface area contributed by atoms with E-state index in [-0.39, 0.29) is 0 Å². The van der Waals surface area contributed by atoms with Crippen molar-refractivity contribution in [2.45, 2.75) is 26.4 Å². The van der Waals surface area contributed by atoms with Crippen molar-refractivity contribution in [3.8, 4) is 11.5 Å². The van der Waals surface area contributed by atoms with Crippen LogP contribution in [-0.2, 0) is 6.54 Å². The van der Waals surface area contributed by atoms with Crippen molar-refractivity contribution in [3.63, 3.8) is 0 Å². The molecule has 114 valence electrons. The van der Waals surface area contributed by atoms with Crippen LogP contribution < -0.4 is 14.8 Å². The zero-order chi connectivity index (χ0) is 15.4. The van der Waals surface area contributed by atoms with Crippen molar-refractivity contribution < 1.29 is 9.47 Å². The standard InChI is InChI=1S/C15H20ClN3O2/c1-10(2)19-6-5-11(18-19)9-17-13-8-14(20-3)12(16)7-15(13)21-4/h5-8,10,17H,9H2,1-4H3. The first-order chi connectivity index (χ1) is 10.0. The fourth-order valence-electron chi connectivity index (χ4n) is 1.94. The summed E-state index contributed by atoms with van der Waals surface area (Å²) in [6.07, 6.45) is 1.97. The third-order valence-corrected chi connectivity index (χ3v) is 3.42. The summed E-state index contributed by atoms with van der Waals surface area (Å²) in [6, 6.07) is 5.90. The van der Waals surface area contributed by atoms with Gasteiger partial charge in [-0.15, -0.1) is 0 Å². The van der Waals surface area contributed by atoms with Crippen LogP contribution in [-0.4, -0.2) is 24.0 Å². The maximum atomic E-state index is 6.09. The van der Waals surface area contributed by atoms with Crippen molar-refractivity contribution in [3.05, 3.63) is 35.1 Å². The molecule has 0 aliphatic carbocycles. The summed E-state index contributed by atoms with van der Waals surface area (Å²) < 4.78 is 12.5. The number of anilines is 1. The fraction of sp³-hybridized carbons (Fsp3) is 0.400. The number of aromatic nitrogens is 2. The van der Waals surface area contributed by atoms with Gasteiger partial charge in [0.05, 0.1) is 37.2 Å². The van der Waals surface area contributed by atoms with Gasteiger partial charge in [0.15, 0.2) is 0 Å². The first-order valence-electron chi connectivity index (χ1n) is 6.74. The van der Waals surface area contributed by atoms with Gasteiger partial charge in [-0.05, 0) is 19.9 Å². The van der Waals surface area contributed by atoms with Crippen LogP contribution in [0.25, 0.3) is 0 Å². The van der Waals surface area contributed by atoms with Crippen LogP contribution in [0.3, 0.4) is 0 Å². The summed E-state index contributed by atoms with van der Waals surface area (Å²) in [4.78, 5) is 0. The molecular formula is C15H20ClN3O2. The van der Waals surface area contributed by atoms with Gasteiger partial charge in [0.25, 0.3) is 0 Å². The van der Waals surface area contributed by atoms with E-state index in [0.29, 0.717) is 29.1 Å². The molecule has 1 aromatic carbocycles. The van der Waals surface area contributed by atoms with E-state index in [0.717, 1.165) is 11.4 Å². The normalized spacial score (nSPS) is 10.8. The van der Waals surface area contributed by atoms with Gasteiger partial charge in [-0.3, -0.25) is 4.68 Å². The Morgan fingerprint density at radius 3 is 2.52 bits per heavy atom. The Labute approximate surface area is 129 Å². The average molecular weight is 310 g/mol. The SMILES string of the molecule is COc1cc(NCc2ccn(C(C)C)n2)c(OC)cc1Cl. The molecule has 21 heavy (non-hydrogen) atoms. The monoisotopic (exact) mass is 309 g/mol. The molecule has 0 aliphatic heterocycles. The molecule has 0 amide bonds. The van der Waals surface area contributed by atoms with Crippen LogP contribution >= 0.6 is 11.6 Å². The van der Waals surface area contributed by atoms with E-state index in [4.69, 9.17) is 21.1 Å².